The fourth-order valence-electron chi connectivity index (χ4n) is 2.87. The number of rotatable bonds is 2. The van der Waals surface area contributed by atoms with Crippen LogP contribution in [0.5, 0.6) is 0 Å². The number of hydrogen-bond donors (Lipinski definition) is 4. The number of nitrogens with one attached hydrogen (secondary N) is 1. The van der Waals surface area contributed by atoms with Crippen molar-refractivity contribution in [2.75, 3.05) is 5.73 Å². The van der Waals surface area contributed by atoms with E-state index in [2.05, 4.69) is 9.97 Å². The third-order valence-corrected chi connectivity index (χ3v) is 4.10. The molecule has 1 saturated heterocycles. The van der Waals surface area contributed by atoms with Crippen molar-refractivity contribution in [3.63, 3.8) is 0 Å². The number of halogens is 3. The molecule has 0 aromatic carbocycles. The van der Waals surface area contributed by atoms with E-state index in [1.165, 1.54) is 6.92 Å². The second-order valence-electron chi connectivity index (χ2n) is 5.66. The van der Waals surface area contributed by atoms with Gasteiger partial charge in [-0.25, -0.2) is 8.78 Å². The van der Waals surface area contributed by atoms with Crippen LogP contribution in [0.25, 0.3) is 11.0 Å². The molecule has 5 atom stereocenters. The SMILES string of the molecule is CC(O)C1OC(n2cc(F)c3c(=O)[nH]c(N)nc32)C(F)(C#CCl)C1O. The highest BCUT2D eigenvalue weighted by atomic mass is 35.5. The van der Waals surface area contributed by atoms with Crippen molar-refractivity contribution in [1.29, 1.82) is 0 Å². The highest BCUT2D eigenvalue weighted by Gasteiger charge is 2.59. The second-order valence-corrected chi connectivity index (χ2v) is 5.85. The summed E-state index contributed by atoms with van der Waals surface area (Å²) in [6.45, 7) is 1.28. The molecule has 134 valence electrons. The number of aromatic nitrogens is 3. The Kier molecular flexibility index (Phi) is 4.20. The summed E-state index contributed by atoms with van der Waals surface area (Å²) in [5.74, 6) is 0.661. The Labute approximate surface area is 144 Å². The van der Waals surface area contributed by atoms with Crippen LogP contribution >= 0.6 is 11.6 Å². The number of nitrogens with zero attached hydrogens (tertiary/aromatic N) is 2. The van der Waals surface area contributed by atoms with E-state index >= 15 is 4.39 Å². The Morgan fingerprint density at radius 1 is 1.64 bits per heavy atom. The Balaban J connectivity index is 2.25. The van der Waals surface area contributed by atoms with Gasteiger partial charge in [0, 0.05) is 11.6 Å². The zero-order chi connectivity index (χ0) is 18.5. The highest BCUT2D eigenvalue weighted by Crippen LogP contribution is 2.43. The fourth-order valence-corrected chi connectivity index (χ4v) is 3.01. The summed E-state index contributed by atoms with van der Waals surface area (Å²) in [6.07, 6.45) is -5.47. The number of nitrogen functional groups attached to an aromatic ring is 1. The first-order valence-electron chi connectivity index (χ1n) is 7.09. The van der Waals surface area contributed by atoms with Gasteiger partial charge < -0.3 is 20.7 Å². The molecule has 3 rings (SSSR count). The van der Waals surface area contributed by atoms with Crippen molar-refractivity contribution >= 4 is 28.6 Å². The lowest BCUT2D eigenvalue weighted by molar-refractivity contribution is -0.0776. The summed E-state index contributed by atoms with van der Waals surface area (Å²) in [4.78, 5) is 17.8. The van der Waals surface area contributed by atoms with E-state index in [9.17, 15) is 19.4 Å². The van der Waals surface area contributed by atoms with Gasteiger partial charge in [-0.05, 0) is 24.4 Å². The minimum absolute atomic E-state index is 0.305. The van der Waals surface area contributed by atoms with Crippen LogP contribution in [0.1, 0.15) is 13.2 Å². The molecule has 0 radical (unpaired) electrons. The summed E-state index contributed by atoms with van der Waals surface area (Å²) < 4.78 is 35.8. The maximum atomic E-state index is 15.4. The van der Waals surface area contributed by atoms with Gasteiger partial charge in [0.15, 0.2) is 17.7 Å². The van der Waals surface area contributed by atoms with Gasteiger partial charge in [-0.15, -0.1) is 0 Å². The number of hydrogen-bond acceptors (Lipinski definition) is 6. The number of nitrogens with two attached hydrogens (primary N) is 1. The fraction of sp³-hybridized carbons (Fsp3) is 0.429. The molecular formula is C14H13ClF2N4O4. The molecule has 8 nitrogen and oxygen atoms in total. The predicted octanol–water partition coefficient (Wildman–Crippen LogP) is -0.00700. The van der Waals surface area contributed by atoms with Crippen molar-refractivity contribution in [1.82, 2.24) is 14.5 Å². The summed E-state index contributed by atoms with van der Waals surface area (Å²) in [5, 5.41) is 21.2. The van der Waals surface area contributed by atoms with E-state index in [0.717, 1.165) is 10.8 Å². The number of aliphatic hydroxyl groups is 2. The molecule has 2 aromatic heterocycles. The van der Waals surface area contributed by atoms with E-state index < -0.39 is 47.0 Å². The maximum absolute atomic E-state index is 15.4. The summed E-state index contributed by atoms with van der Waals surface area (Å²) in [5.41, 5.74) is 1.50. The topological polar surface area (TPSA) is 126 Å². The molecule has 25 heavy (non-hydrogen) atoms. The van der Waals surface area contributed by atoms with Crippen molar-refractivity contribution in [3.05, 3.63) is 22.4 Å². The number of aliphatic hydroxyl groups excluding tert-OH is 2. The van der Waals surface area contributed by atoms with Crippen molar-refractivity contribution in [3.8, 4) is 11.3 Å². The lowest BCUT2D eigenvalue weighted by Gasteiger charge is -2.24. The van der Waals surface area contributed by atoms with Crippen LogP contribution in [0.4, 0.5) is 14.7 Å². The zero-order valence-electron chi connectivity index (χ0n) is 12.7. The van der Waals surface area contributed by atoms with Gasteiger partial charge in [-0.2, -0.15) is 4.98 Å². The number of anilines is 1. The smallest absolute Gasteiger partial charge is 0.264 e. The van der Waals surface area contributed by atoms with E-state index in [-0.39, 0.29) is 11.6 Å². The number of alkyl halides is 1. The number of ether oxygens (including phenoxy) is 1. The third kappa shape index (κ3) is 2.56. The molecule has 1 aliphatic rings. The van der Waals surface area contributed by atoms with Crippen LogP contribution in [-0.4, -0.2) is 48.7 Å². The Bertz CT molecular complexity index is 950. The monoisotopic (exact) mass is 374 g/mol. The van der Waals surface area contributed by atoms with Gasteiger partial charge >= 0.3 is 0 Å². The first kappa shape index (κ1) is 17.6. The summed E-state index contributed by atoms with van der Waals surface area (Å²) in [6, 6.07) is 0. The highest BCUT2D eigenvalue weighted by molar-refractivity contribution is 6.30. The number of aromatic amines is 1. The molecular weight excluding hydrogens is 362 g/mol. The minimum atomic E-state index is -2.79. The molecule has 0 aliphatic carbocycles. The standard InChI is InChI=1S/C14H13ClF2N4O4/c1-5(22)8-9(23)14(17,2-3-15)12(25-8)21-4-6(16)7-10(21)19-13(18)20-11(7)24/h4-5,8-9,12,22-23H,1H3,(H3,18,19,20,24). The Morgan fingerprint density at radius 2 is 2.32 bits per heavy atom. The predicted molar refractivity (Wildman–Crippen MR) is 83.8 cm³/mol. The van der Waals surface area contributed by atoms with Gasteiger partial charge in [-0.1, -0.05) is 0 Å². The number of fused-ring (bicyclic) bond motifs is 1. The molecule has 1 aliphatic heterocycles. The molecule has 0 saturated carbocycles. The minimum Gasteiger partial charge on any atom is -0.391 e. The normalized spacial score (nSPS) is 30.2. The van der Waals surface area contributed by atoms with Gasteiger partial charge in [0.05, 0.1) is 6.10 Å². The van der Waals surface area contributed by atoms with Gasteiger partial charge in [0.25, 0.3) is 5.56 Å². The van der Waals surface area contributed by atoms with Crippen LogP contribution in [-0.2, 0) is 4.74 Å². The molecule has 0 spiro atoms. The second kappa shape index (κ2) is 5.96. The van der Waals surface area contributed by atoms with Crippen LogP contribution in [0.2, 0.25) is 0 Å². The molecule has 11 heteroatoms. The van der Waals surface area contributed by atoms with Crippen LogP contribution in [0, 0.1) is 17.1 Å². The van der Waals surface area contributed by atoms with E-state index in [4.69, 9.17) is 22.1 Å². The summed E-state index contributed by atoms with van der Waals surface area (Å²) >= 11 is 5.29. The van der Waals surface area contributed by atoms with Gasteiger partial charge in [0.1, 0.15) is 17.6 Å². The van der Waals surface area contributed by atoms with E-state index in [1.54, 1.807) is 0 Å². The molecule has 1 fully saturated rings. The Morgan fingerprint density at radius 3 is 2.92 bits per heavy atom. The first-order chi connectivity index (χ1) is 11.7. The quantitative estimate of drug-likeness (QED) is 0.548. The Hall–Kier alpha value is -2.19. The maximum Gasteiger partial charge on any atom is 0.264 e. The largest absolute Gasteiger partial charge is 0.391 e. The lowest BCUT2D eigenvalue weighted by atomic mass is 9.95. The average molecular weight is 375 g/mol. The lowest BCUT2D eigenvalue weighted by Crippen LogP contribution is -2.44. The first-order valence-corrected chi connectivity index (χ1v) is 7.47. The third-order valence-electron chi connectivity index (χ3n) is 4.01. The molecule has 0 amide bonds. The van der Waals surface area contributed by atoms with Gasteiger partial charge in [-0.3, -0.25) is 14.3 Å². The summed E-state index contributed by atoms with van der Waals surface area (Å²) in [7, 11) is 0. The van der Waals surface area contributed by atoms with Crippen LogP contribution < -0.4 is 11.3 Å². The van der Waals surface area contributed by atoms with Gasteiger partial charge in [0.2, 0.25) is 11.6 Å². The van der Waals surface area contributed by atoms with Crippen LogP contribution in [0.15, 0.2) is 11.0 Å². The van der Waals surface area contributed by atoms with Crippen LogP contribution in [0.3, 0.4) is 0 Å². The van der Waals surface area contributed by atoms with Crippen molar-refractivity contribution in [2.45, 2.75) is 37.1 Å². The molecule has 0 bridgehead atoms. The average Bonchev–Trinajstić information content (AvgIpc) is 2.96. The van der Waals surface area contributed by atoms with E-state index in [0.29, 0.717) is 0 Å². The molecule has 2 aromatic rings. The molecule has 5 unspecified atom stereocenters. The zero-order valence-corrected chi connectivity index (χ0v) is 13.5. The molecule has 3 heterocycles. The van der Waals surface area contributed by atoms with Crippen molar-refractivity contribution in [2.24, 2.45) is 0 Å². The number of H-pyrrole nitrogens is 1. The van der Waals surface area contributed by atoms with Crippen molar-refractivity contribution < 1.29 is 23.7 Å². The van der Waals surface area contributed by atoms with E-state index in [1.807, 2.05) is 11.3 Å². The molecule has 5 N–H and O–H groups in total.